The zero-order valence-electron chi connectivity index (χ0n) is 9.73. The maximum Gasteiger partial charge on any atom is 0.116 e. The Hall–Kier alpha value is -1.74. The van der Waals surface area contributed by atoms with Crippen LogP contribution in [0.25, 0.3) is 5.57 Å². The van der Waals surface area contributed by atoms with Crippen LogP contribution in [-0.4, -0.2) is 10.2 Å². The van der Waals surface area contributed by atoms with Crippen LogP contribution in [0.3, 0.4) is 0 Å². The van der Waals surface area contributed by atoms with Gasteiger partial charge in [-0.05, 0) is 53.5 Å². The van der Waals surface area contributed by atoms with Crippen LogP contribution in [0.4, 0.5) is 0 Å². The van der Waals surface area contributed by atoms with Crippen molar-refractivity contribution in [3.8, 4) is 11.5 Å². The van der Waals surface area contributed by atoms with Crippen molar-refractivity contribution in [2.75, 3.05) is 0 Å². The van der Waals surface area contributed by atoms with E-state index in [1.807, 2.05) is 18.2 Å². The second-order valence-corrected chi connectivity index (χ2v) is 4.97. The van der Waals surface area contributed by atoms with Gasteiger partial charge in [-0.1, -0.05) is 34.6 Å². The summed E-state index contributed by atoms with van der Waals surface area (Å²) in [5, 5.41) is 18.6. The molecule has 0 aliphatic heterocycles. The lowest BCUT2D eigenvalue weighted by atomic mass is 9.99. The van der Waals surface area contributed by atoms with Gasteiger partial charge in [0.25, 0.3) is 0 Å². The molecule has 2 N–H and O–H groups in total. The first-order chi connectivity index (χ1) is 8.56. The zero-order chi connectivity index (χ0) is 13.1. The fourth-order valence-corrected chi connectivity index (χ4v) is 2.39. The van der Waals surface area contributed by atoms with E-state index < -0.39 is 0 Å². The molecule has 0 bridgehead atoms. The normalized spacial score (nSPS) is 10.3. The van der Waals surface area contributed by atoms with E-state index in [1.165, 1.54) is 0 Å². The van der Waals surface area contributed by atoms with Crippen molar-refractivity contribution in [3.63, 3.8) is 0 Å². The molecule has 0 aliphatic carbocycles. The highest BCUT2D eigenvalue weighted by atomic mass is 79.9. The molecule has 0 heterocycles. The zero-order valence-corrected chi connectivity index (χ0v) is 11.3. The summed E-state index contributed by atoms with van der Waals surface area (Å²) in [7, 11) is 0. The summed E-state index contributed by atoms with van der Waals surface area (Å²) in [4.78, 5) is 0. The van der Waals surface area contributed by atoms with Gasteiger partial charge < -0.3 is 10.2 Å². The van der Waals surface area contributed by atoms with Gasteiger partial charge in [-0.3, -0.25) is 0 Å². The third-order valence-corrected chi connectivity index (χ3v) is 3.34. The molecule has 0 unspecified atom stereocenters. The Morgan fingerprint density at radius 3 is 2.22 bits per heavy atom. The highest BCUT2D eigenvalue weighted by molar-refractivity contribution is 9.10. The van der Waals surface area contributed by atoms with Gasteiger partial charge in [-0.2, -0.15) is 0 Å². The lowest BCUT2D eigenvalue weighted by Gasteiger charge is -2.09. The van der Waals surface area contributed by atoms with Gasteiger partial charge in [-0.15, -0.1) is 0 Å². The van der Waals surface area contributed by atoms with E-state index in [0.717, 1.165) is 21.2 Å². The van der Waals surface area contributed by atoms with Crippen LogP contribution in [-0.2, 0) is 6.42 Å². The molecule has 2 aromatic rings. The molecule has 18 heavy (non-hydrogen) atoms. The molecule has 0 spiro atoms. The van der Waals surface area contributed by atoms with Crippen molar-refractivity contribution in [1.82, 2.24) is 0 Å². The summed E-state index contributed by atoms with van der Waals surface area (Å²) in [6, 6.07) is 12.2. The Bertz CT molecular complexity index is 574. The third-order valence-electron chi connectivity index (χ3n) is 2.69. The number of phenolic OH excluding ortho intramolecular Hbond substituents is 2. The van der Waals surface area contributed by atoms with Crippen LogP contribution in [0.1, 0.15) is 11.1 Å². The second-order valence-electron chi connectivity index (χ2n) is 4.11. The predicted molar refractivity (Wildman–Crippen MR) is 76.7 cm³/mol. The minimum atomic E-state index is 0.225. The van der Waals surface area contributed by atoms with Crippen molar-refractivity contribution < 1.29 is 10.2 Å². The van der Waals surface area contributed by atoms with Crippen LogP contribution < -0.4 is 0 Å². The van der Waals surface area contributed by atoms with Crippen molar-refractivity contribution in [2.45, 2.75) is 6.42 Å². The Morgan fingerprint density at radius 1 is 1.00 bits per heavy atom. The Morgan fingerprint density at radius 2 is 1.61 bits per heavy atom. The molecule has 3 heteroatoms. The molecule has 0 aromatic heterocycles. The highest BCUT2D eigenvalue weighted by Gasteiger charge is 2.06. The fraction of sp³-hybridized carbons (Fsp3) is 0.0667. The number of rotatable bonds is 3. The third kappa shape index (κ3) is 2.93. The molecule has 0 amide bonds. The van der Waals surface area contributed by atoms with E-state index in [0.29, 0.717) is 6.42 Å². The Labute approximate surface area is 114 Å². The summed E-state index contributed by atoms with van der Waals surface area (Å²) < 4.78 is 0.825. The minimum absolute atomic E-state index is 0.225. The molecule has 2 nitrogen and oxygen atoms in total. The largest absolute Gasteiger partial charge is 0.508 e. The fourth-order valence-electron chi connectivity index (χ4n) is 1.75. The Kier molecular flexibility index (Phi) is 3.72. The van der Waals surface area contributed by atoms with Crippen LogP contribution in [0.15, 0.2) is 53.5 Å². The van der Waals surface area contributed by atoms with Crippen LogP contribution in [0.2, 0.25) is 0 Å². The summed E-state index contributed by atoms with van der Waals surface area (Å²) in [5.74, 6) is 0.484. The van der Waals surface area contributed by atoms with E-state index >= 15 is 0 Å². The Balaban J connectivity index is 2.19. The minimum Gasteiger partial charge on any atom is -0.508 e. The van der Waals surface area contributed by atoms with Crippen molar-refractivity contribution in [1.29, 1.82) is 0 Å². The maximum atomic E-state index is 9.35. The summed E-state index contributed by atoms with van der Waals surface area (Å²) in [6.07, 6.45) is 0.698. The first kappa shape index (κ1) is 12.7. The van der Waals surface area contributed by atoms with Gasteiger partial charge in [0.15, 0.2) is 0 Å². The maximum absolute atomic E-state index is 9.35. The summed E-state index contributed by atoms with van der Waals surface area (Å²) in [5.41, 5.74) is 3.01. The first-order valence-corrected chi connectivity index (χ1v) is 6.30. The standard InChI is InChI=1S/C15H13BrO2/c1-10(8-11-2-4-12(17)5-3-11)14-7-6-13(18)9-15(14)16/h2-7,9,17-18H,1,8H2. The molecule has 0 saturated carbocycles. The average Bonchev–Trinajstić information content (AvgIpc) is 2.32. The van der Waals surface area contributed by atoms with Gasteiger partial charge in [0.2, 0.25) is 0 Å². The van der Waals surface area contributed by atoms with Crippen molar-refractivity contribution >= 4 is 21.5 Å². The van der Waals surface area contributed by atoms with E-state index in [4.69, 9.17) is 0 Å². The van der Waals surface area contributed by atoms with Gasteiger partial charge >= 0.3 is 0 Å². The van der Waals surface area contributed by atoms with Gasteiger partial charge in [0, 0.05) is 4.47 Å². The smallest absolute Gasteiger partial charge is 0.116 e. The molecule has 0 aliphatic rings. The lowest BCUT2D eigenvalue weighted by Crippen LogP contribution is -1.90. The SMILES string of the molecule is C=C(Cc1ccc(O)cc1)c1ccc(O)cc1Br. The van der Waals surface area contributed by atoms with Gasteiger partial charge in [0.05, 0.1) is 0 Å². The summed E-state index contributed by atoms with van der Waals surface area (Å²) in [6.45, 7) is 4.06. The molecule has 0 atom stereocenters. The number of aromatic hydroxyl groups is 2. The van der Waals surface area contributed by atoms with Crippen LogP contribution in [0, 0.1) is 0 Å². The van der Waals surface area contributed by atoms with E-state index in [9.17, 15) is 10.2 Å². The average molecular weight is 305 g/mol. The predicted octanol–water partition coefficient (Wildman–Crippen LogP) is 4.12. The van der Waals surface area contributed by atoms with E-state index in [-0.39, 0.29) is 11.5 Å². The second kappa shape index (κ2) is 5.27. The van der Waals surface area contributed by atoms with Crippen molar-refractivity contribution in [3.05, 3.63) is 64.6 Å². The van der Waals surface area contributed by atoms with E-state index in [1.54, 1.807) is 24.3 Å². The lowest BCUT2D eigenvalue weighted by molar-refractivity contribution is 0.474. The van der Waals surface area contributed by atoms with Crippen molar-refractivity contribution in [2.24, 2.45) is 0 Å². The highest BCUT2D eigenvalue weighted by Crippen LogP contribution is 2.29. The molecular formula is C15H13BrO2. The monoisotopic (exact) mass is 304 g/mol. The number of phenols is 2. The van der Waals surface area contributed by atoms with Gasteiger partial charge in [0.1, 0.15) is 11.5 Å². The molecule has 92 valence electrons. The summed E-state index contributed by atoms with van der Waals surface area (Å²) >= 11 is 3.41. The molecule has 2 rings (SSSR count). The molecule has 0 saturated heterocycles. The number of hydrogen-bond donors (Lipinski definition) is 2. The number of hydrogen-bond acceptors (Lipinski definition) is 2. The topological polar surface area (TPSA) is 40.5 Å². The van der Waals surface area contributed by atoms with Crippen LogP contribution in [0.5, 0.6) is 11.5 Å². The molecule has 0 radical (unpaired) electrons. The molecule has 2 aromatic carbocycles. The number of allylic oxidation sites excluding steroid dienone is 1. The number of benzene rings is 2. The molecule has 0 fully saturated rings. The number of halogens is 1. The van der Waals surface area contributed by atoms with E-state index in [2.05, 4.69) is 22.5 Å². The first-order valence-electron chi connectivity index (χ1n) is 5.51. The molecular weight excluding hydrogens is 292 g/mol. The van der Waals surface area contributed by atoms with Gasteiger partial charge in [-0.25, -0.2) is 0 Å². The quantitative estimate of drug-likeness (QED) is 0.895. The van der Waals surface area contributed by atoms with Crippen LogP contribution >= 0.6 is 15.9 Å².